The van der Waals surface area contributed by atoms with Crippen LogP contribution in [-0.4, -0.2) is 44.7 Å². The van der Waals surface area contributed by atoms with Gasteiger partial charge >= 0.3 is 0 Å². The summed E-state index contributed by atoms with van der Waals surface area (Å²) in [6.45, 7) is 9.34. The van der Waals surface area contributed by atoms with Crippen LogP contribution in [0.4, 0.5) is 0 Å². The molecule has 7 nitrogen and oxygen atoms in total. The molecule has 0 unspecified atom stereocenters. The van der Waals surface area contributed by atoms with Crippen molar-refractivity contribution >= 4 is 17.5 Å². The molecule has 1 N–H and O–H groups in total. The van der Waals surface area contributed by atoms with Crippen molar-refractivity contribution in [2.24, 2.45) is 0 Å². The fourth-order valence-corrected chi connectivity index (χ4v) is 2.33. The molecule has 0 bridgehead atoms. The second kappa shape index (κ2) is 8.30. The lowest BCUT2D eigenvalue weighted by Crippen LogP contribution is -2.26. The van der Waals surface area contributed by atoms with Gasteiger partial charge in [-0.05, 0) is 40.2 Å². The number of aromatic nitrogens is 4. The molecular formula is C16H24ClN5O2. The zero-order valence-corrected chi connectivity index (χ0v) is 15.3. The standard InChI is InChI=1S/C16H24ClN5O2/c1-11(2)24-9-5-7-18-16(23)14-6-8-21(20-14)10-22-13(4)15(17)12(3)19-22/h6,8,11H,5,7,9-10H2,1-4H3,(H,18,23). The number of hydrogen-bond acceptors (Lipinski definition) is 4. The molecule has 0 fully saturated rings. The predicted molar refractivity (Wildman–Crippen MR) is 92.4 cm³/mol. The number of nitrogens with one attached hydrogen (secondary N) is 1. The third-order valence-corrected chi connectivity index (χ3v) is 4.05. The van der Waals surface area contributed by atoms with E-state index in [1.807, 2.05) is 27.7 Å². The first-order valence-electron chi connectivity index (χ1n) is 8.01. The van der Waals surface area contributed by atoms with Gasteiger partial charge in [0.15, 0.2) is 0 Å². The Morgan fingerprint density at radius 3 is 2.75 bits per heavy atom. The Hall–Kier alpha value is -1.86. The van der Waals surface area contributed by atoms with E-state index in [1.165, 1.54) is 0 Å². The minimum Gasteiger partial charge on any atom is -0.379 e. The van der Waals surface area contributed by atoms with E-state index < -0.39 is 0 Å². The van der Waals surface area contributed by atoms with E-state index >= 15 is 0 Å². The highest BCUT2D eigenvalue weighted by molar-refractivity contribution is 6.31. The lowest BCUT2D eigenvalue weighted by atomic mass is 10.4. The van der Waals surface area contributed by atoms with Gasteiger partial charge in [0.1, 0.15) is 12.4 Å². The summed E-state index contributed by atoms with van der Waals surface area (Å²) < 4.78 is 8.85. The molecule has 0 saturated heterocycles. The highest BCUT2D eigenvalue weighted by atomic mass is 35.5. The first-order chi connectivity index (χ1) is 11.4. The minimum atomic E-state index is -0.190. The molecule has 0 aliphatic rings. The molecule has 132 valence electrons. The van der Waals surface area contributed by atoms with Gasteiger partial charge in [-0.1, -0.05) is 11.6 Å². The third kappa shape index (κ3) is 4.82. The van der Waals surface area contributed by atoms with Crippen molar-refractivity contribution in [3.63, 3.8) is 0 Å². The van der Waals surface area contributed by atoms with E-state index in [0.717, 1.165) is 17.8 Å². The molecule has 0 saturated carbocycles. The van der Waals surface area contributed by atoms with Gasteiger partial charge < -0.3 is 10.1 Å². The number of halogens is 1. The van der Waals surface area contributed by atoms with Crippen LogP contribution in [0, 0.1) is 13.8 Å². The fraction of sp³-hybridized carbons (Fsp3) is 0.562. The summed E-state index contributed by atoms with van der Waals surface area (Å²) in [4.78, 5) is 12.1. The second-order valence-electron chi connectivity index (χ2n) is 5.90. The number of carbonyl (C=O) groups excluding carboxylic acids is 1. The van der Waals surface area contributed by atoms with Crippen molar-refractivity contribution in [3.8, 4) is 0 Å². The minimum absolute atomic E-state index is 0.190. The molecule has 0 atom stereocenters. The lowest BCUT2D eigenvalue weighted by Gasteiger charge is -2.07. The number of carbonyl (C=O) groups is 1. The molecule has 0 aliphatic heterocycles. The van der Waals surface area contributed by atoms with Gasteiger partial charge in [0.05, 0.1) is 22.5 Å². The topological polar surface area (TPSA) is 74.0 Å². The molecule has 2 aromatic heterocycles. The molecule has 2 heterocycles. The van der Waals surface area contributed by atoms with Gasteiger partial charge in [0.25, 0.3) is 5.91 Å². The van der Waals surface area contributed by atoms with Gasteiger partial charge in [0, 0.05) is 19.3 Å². The van der Waals surface area contributed by atoms with Crippen molar-refractivity contribution in [1.82, 2.24) is 24.9 Å². The SMILES string of the molecule is Cc1nn(Cn2ccc(C(=O)NCCCOC(C)C)n2)c(C)c1Cl. The highest BCUT2D eigenvalue weighted by Crippen LogP contribution is 2.18. The van der Waals surface area contributed by atoms with E-state index in [2.05, 4.69) is 15.5 Å². The third-order valence-electron chi connectivity index (χ3n) is 3.50. The van der Waals surface area contributed by atoms with Crippen LogP contribution in [0.1, 0.15) is 42.1 Å². The molecule has 24 heavy (non-hydrogen) atoms. The van der Waals surface area contributed by atoms with E-state index in [0.29, 0.717) is 30.5 Å². The first kappa shape index (κ1) is 18.5. The van der Waals surface area contributed by atoms with Gasteiger partial charge in [-0.25, -0.2) is 4.68 Å². The quantitative estimate of drug-likeness (QED) is 0.739. The van der Waals surface area contributed by atoms with Crippen molar-refractivity contribution < 1.29 is 9.53 Å². The number of aryl methyl sites for hydroxylation is 1. The summed E-state index contributed by atoms with van der Waals surface area (Å²) in [5, 5.41) is 12.1. The van der Waals surface area contributed by atoms with E-state index in [4.69, 9.17) is 16.3 Å². The van der Waals surface area contributed by atoms with E-state index in [9.17, 15) is 4.79 Å². The van der Waals surface area contributed by atoms with Crippen LogP contribution in [0.25, 0.3) is 0 Å². The maximum Gasteiger partial charge on any atom is 0.271 e. The summed E-state index contributed by atoms with van der Waals surface area (Å²) in [6, 6.07) is 1.69. The Bertz CT molecular complexity index is 693. The Balaban J connectivity index is 1.86. The molecule has 1 amide bonds. The summed E-state index contributed by atoms with van der Waals surface area (Å²) in [5.41, 5.74) is 2.04. The van der Waals surface area contributed by atoms with Crippen LogP contribution in [0.5, 0.6) is 0 Å². The molecule has 0 radical (unpaired) electrons. The fourth-order valence-electron chi connectivity index (χ4n) is 2.20. The van der Waals surface area contributed by atoms with Gasteiger partial charge in [-0.15, -0.1) is 0 Å². The predicted octanol–water partition coefficient (Wildman–Crippen LogP) is 2.40. The maximum absolute atomic E-state index is 12.1. The number of hydrogen-bond donors (Lipinski definition) is 1. The molecule has 0 aliphatic carbocycles. The summed E-state index contributed by atoms with van der Waals surface area (Å²) >= 11 is 6.14. The molecule has 2 aromatic rings. The highest BCUT2D eigenvalue weighted by Gasteiger charge is 2.12. The van der Waals surface area contributed by atoms with Crippen LogP contribution in [0.15, 0.2) is 12.3 Å². The van der Waals surface area contributed by atoms with Crippen LogP contribution < -0.4 is 5.32 Å². The summed E-state index contributed by atoms with van der Waals surface area (Å²) in [6.07, 6.45) is 2.73. The van der Waals surface area contributed by atoms with Crippen LogP contribution in [-0.2, 0) is 11.4 Å². The molecular weight excluding hydrogens is 330 g/mol. The van der Waals surface area contributed by atoms with Crippen molar-refractivity contribution in [2.75, 3.05) is 13.2 Å². The van der Waals surface area contributed by atoms with Gasteiger partial charge in [-0.3, -0.25) is 9.48 Å². The Morgan fingerprint density at radius 2 is 2.12 bits per heavy atom. The average Bonchev–Trinajstić information content (AvgIpc) is 3.08. The second-order valence-corrected chi connectivity index (χ2v) is 6.27. The molecule has 8 heteroatoms. The average molecular weight is 354 g/mol. The van der Waals surface area contributed by atoms with Crippen LogP contribution >= 0.6 is 11.6 Å². The molecule has 2 rings (SSSR count). The zero-order valence-electron chi connectivity index (χ0n) is 14.5. The first-order valence-corrected chi connectivity index (χ1v) is 8.39. The normalized spacial score (nSPS) is 11.2. The maximum atomic E-state index is 12.1. The monoisotopic (exact) mass is 353 g/mol. The van der Waals surface area contributed by atoms with Crippen LogP contribution in [0.3, 0.4) is 0 Å². The lowest BCUT2D eigenvalue weighted by molar-refractivity contribution is 0.0756. The zero-order chi connectivity index (χ0) is 17.7. The number of rotatable bonds is 8. The van der Waals surface area contributed by atoms with Crippen molar-refractivity contribution in [1.29, 1.82) is 0 Å². The Labute approximate surface area is 146 Å². The largest absolute Gasteiger partial charge is 0.379 e. The van der Waals surface area contributed by atoms with Crippen molar-refractivity contribution in [3.05, 3.63) is 34.4 Å². The smallest absolute Gasteiger partial charge is 0.271 e. The Morgan fingerprint density at radius 1 is 1.38 bits per heavy atom. The van der Waals surface area contributed by atoms with Gasteiger partial charge in [-0.2, -0.15) is 10.2 Å². The summed E-state index contributed by atoms with van der Waals surface area (Å²) in [5.74, 6) is -0.190. The number of amides is 1. The van der Waals surface area contributed by atoms with Gasteiger partial charge in [0.2, 0.25) is 0 Å². The van der Waals surface area contributed by atoms with E-state index in [1.54, 1.807) is 21.6 Å². The molecule has 0 spiro atoms. The number of nitrogens with zero attached hydrogens (tertiary/aromatic N) is 4. The van der Waals surface area contributed by atoms with Crippen molar-refractivity contribution in [2.45, 2.75) is 46.9 Å². The van der Waals surface area contributed by atoms with Crippen LogP contribution in [0.2, 0.25) is 5.02 Å². The molecule has 0 aromatic carbocycles. The summed E-state index contributed by atoms with van der Waals surface area (Å²) in [7, 11) is 0. The number of ether oxygens (including phenoxy) is 1. The Kier molecular flexibility index (Phi) is 6.39. The van der Waals surface area contributed by atoms with E-state index in [-0.39, 0.29) is 12.0 Å².